The average Bonchev–Trinajstić information content (AvgIpc) is 2.97. The second-order valence-corrected chi connectivity index (χ2v) is 7.19. The van der Waals surface area contributed by atoms with E-state index < -0.39 is 12.0 Å². The summed E-state index contributed by atoms with van der Waals surface area (Å²) in [5, 5.41) is 9.35. The Morgan fingerprint density at radius 3 is 2.54 bits per heavy atom. The lowest BCUT2D eigenvalue weighted by molar-refractivity contribution is -0.143. The minimum absolute atomic E-state index is 0.0425. The van der Waals surface area contributed by atoms with Gasteiger partial charge in [-0.2, -0.15) is 0 Å². The van der Waals surface area contributed by atoms with Crippen LogP contribution in [0.3, 0.4) is 0 Å². The van der Waals surface area contributed by atoms with Crippen molar-refractivity contribution < 1.29 is 19.4 Å². The molecule has 2 aliphatic heterocycles. The van der Waals surface area contributed by atoms with Crippen molar-refractivity contribution in [2.24, 2.45) is 0 Å². The lowest BCUT2D eigenvalue weighted by Crippen LogP contribution is -2.45. The van der Waals surface area contributed by atoms with Crippen molar-refractivity contribution in [3.8, 4) is 5.75 Å². The second kappa shape index (κ2) is 8.54. The van der Waals surface area contributed by atoms with Crippen LogP contribution in [0.4, 0.5) is 0 Å². The van der Waals surface area contributed by atoms with E-state index in [0.717, 1.165) is 50.0 Å². The topological polar surface area (TPSA) is 70.1 Å². The third kappa shape index (κ3) is 4.18. The molecule has 0 spiro atoms. The summed E-state index contributed by atoms with van der Waals surface area (Å²) in [6.45, 7) is 1.62. The standard InChI is InChI=1S/C20H28N2O4/c1-26-16-10-8-15(9-11-16)17-6-3-2-4-13-22(17)19(23)14-21-12-5-7-18(21)20(24)25/h8-11,17-18H,2-7,12-14H2,1H3,(H,24,25)/t17?,18-/m0/s1. The van der Waals surface area contributed by atoms with Gasteiger partial charge in [0.25, 0.3) is 0 Å². The first-order valence-electron chi connectivity index (χ1n) is 9.50. The third-order valence-electron chi connectivity index (χ3n) is 5.56. The number of amides is 1. The summed E-state index contributed by atoms with van der Waals surface area (Å²) in [7, 11) is 1.64. The number of aliphatic carboxylic acids is 1. The summed E-state index contributed by atoms with van der Waals surface area (Å²) >= 11 is 0. The van der Waals surface area contributed by atoms with Gasteiger partial charge in [0.2, 0.25) is 5.91 Å². The van der Waals surface area contributed by atoms with E-state index in [1.54, 1.807) is 7.11 Å². The van der Waals surface area contributed by atoms with Crippen LogP contribution in [0, 0.1) is 0 Å². The van der Waals surface area contributed by atoms with Gasteiger partial charge >= 0.3 is 5.97 Å². The number of benzene rings is 1. The molecule has 0 radical (unpaired) electrons. The molecule has 2 heterocycles. The Morgan fingerprint density at radius 1 is 1.08 bits per heavy atom. The summed E-state index contributed by atoms with van der Waals surface area (Å²) in [6, 6.07) is 7.47. The van der Waals surface area contributed by atoms with Gasteiger partial charge in [0.15, 0.2) is 0 Å². The molecule has 2 aliphatic rings. The van der Waals surface area contributed by atoms with E-state index in [9.17, 15) is 14.7 Å². The number of nitrogens with zero attached hydrogens (tertiary/aromatic N) is 2. The Labute approximate surface area is 154 Å². The predicted octanol–water partition coefficient (Wildman–Crippen LogP) is 2.69. The molecule has 2 atom stereocenters. The van der Waals surface area contributed by atoms with Gasteiger partial charge < -0.3 is 14.7 Å². The van der Waals surface area contributed by atoms with Gasteiger partial charge in [0.05, 0.1) is 19.7 Å². The molecule has 1 amide bonds. The van der Waals surface area contributed by atoms with E-state index in [1.807, 2.05) is 34.1 Å². The SMILES string of the molecule is COc1ccc(C2CCCCCN2C(=O)CN2CCC[C@H]2C(=O)O)cc1. The van der Waals surface area contributed by atoms with E-state index in [0.29, 0.717) is 13.0 Å². The second-order valence-electron chi connectivity index (χ2n) is 7.19. The molecule has 26 heavy (non-hydrogen) atoms. The van der Waals surface area contributed by atoms with E-state index >= 15 is 0 Å². The summed E-state index contributed by atoms with van der Waals surface area (Å²) < 4.78 is 5.24. The summed E-state index contributed by atoms with van der Waals surface area (Å²) in [5.74, 6) is 0.0281. The summed E-state index contributed by atoms with van der Waals surface area (Å²) in [4.78, 5) is 28.2. The van der Waals surface area contributed by atoms with Crippen molar-refractivity contribution in [2.75, 3.05) is 26.7 Å². The van der Waals surface area contributed by atoms with Crippen LogP contribution in [0.25, 0.3) is 0 Å². The molecule has 0 bridgehead atoms. The Bertz CT molecular complexity index is 631. The Hall–Kier alpha value is -2.08. The van der Waals surface area contributed by atoms with Crippen LogP contribution in [-0.2, 0) is 9.59 Å². The highest BCUT2D eigenvalue weighted by molar-refractivity contribution is 5.80. The monoisotopic (exact) mass is 360 g/mol. The first-order chi connectivity index (χ1) is 12.6. The molecular weight excluding hydrogens is 332 g/mol. The molecular formula is C20H28N2O4. The molecule has 1 aromatic rings. The van der Waals surface area contributed by atoms with Crippen LogP contribution >= 0.6 is 0 Å². The van der Waals surface area contributed by atoms with Crippen molar-refractivity contribution in [2.45, 2.75) is 50.6 Å². The molecule has 0 saturated carbocycles. The number of ether oxygens (including phenoxy) is 1. The van der Waals surface area contributed by atoms with Crippen LogP contribution < -0.4 is 4.74 Å². The lowest BCUT2D eigenvalue weighted by Gasteiger charge is -2.32. The number of carbonyl (C=O) groups excluding carboxylic acids is 1. The Balaban J connectivity index is 1.75. The molecule has 0 aliphatic carbocycles. The fourth-order valence-electron chi connectivity index (χ4n) is 4.14. The van der Waals surface area contributed by atoms with Crippen LogP contribution in [0.1, 0.15) is 50.1 Å². The van der Waals surface area contributed by atoms with E-state index in [1.165, 1.54) is 0 Å². The van der Waals surface area contributed by atoms with Gasteiger partial charge in [-0.1, -0.05) is 25.0 Å². The number of carboxylic acid groups (broad SMARTS) is 1. The number of rotatable bonds is 5. The molecule has 2 fully saturated rings. The molecule has 1 unspecified atom stereocenters. The smallest absolute Gasteiger partial charge is 0.320 e. The maximum Gasteiger partial charge on any atom is 0.320 e. The predicted molar refractivity (Wildman–Crippen MR) is 98.1 cm³/mol. The molecule has 2 saturated heterocycles. The zero-order valence-corrected chi connectivity index (χ0v) is 15.4. The van der Waals surface area contributed by atoms with Crippen molar-refractivity contribution in [1.29, 1.82) is 0 Å². The third-order valence-corrected chi connectivity index (χ3v) is 5.56. The number of hydrogen-bond acceptors (Lipinski definition) is 4. The summed E-state index contributed by atoms with van der Waals surface area (Å²) in [6.07, 6.45) is 5.64. The van der Waals surface area contributed by atoms with Gasteiger partial charge in [0.1, 0.15) is 11.8 Å². The van der Waals surface area contributed by atoms with Gasteiger partial charge in [-0.15, -0.1) is 0 Å². The number of carboxylic acids is 1. The highest BCUT2D eigenvalue weighted by Crippen LogP contribution is 2.31. The number of hydrogen-bond donors (Lipinski definition) is 1. The fraction of sp³-hybridized carbons (Fsp3) is 0.600. The van der Waals surface area contributed by atoms with Crippen LogP contribution in [-0.4, -0.2) is 59.6 Å². The maximum absolute atomic E-state index is 13.0. The first kappa shape index (κ1) is 18.7. The normalized spacial score (nSPS) is 24.3. The van der Waals surface area contributed by atoms with Crippen LogP contribution in [0.2, 0.25) is 0 Å². The molecule has 6 nitrogen and oxygen atoms in total. The van der Waals surface area contributed by atoms with Gasteiger partial charge in [0, 0.05) is 6.54 Å². The molecule has 6 heteroatoms. The Kier molecular flexibility index (Phi) is 6.14. The number of carbonyl (C=O) groups is 2. The van der Waals surface area contributed by atoms with E-state index in [4.69, 9.17) is 4.74 Å². The highest BCUT2D eigenvalue weighted by Gasteiger charge is 2.34. The van der Waals surface area contributed by atoms with Gasteiger partial charge in [-0.3, -0.25) is 14.5 Å². The minimum Gasteiger partial charge on any atom is -0.497 e. The number of likely N-dealkylation sites (tertiary alicyclic amines) is 2. The molecule has 0 aromatic heterocycles. The first-order valence-corrected chi connectivity index (χ1v) is 9.50. The molecule has 142 valence electrons. The highest BCUT2D eigenvalue weighted by atomic mass is 16.5. The zero-order valence-electron chi connectivity index (χ0n) is 15.4. The van der Waals surface area contributed by atoms with E-state index in [2.05, 4.69) is 0 Å². The molecule has 3 rings (SSSR count). The van der Waals surface area contributed by atoms with E-state index in [-0.39, 0.29) is 18.5 Å². The quantitative estimate of drug-likeness (QED) is 0.874. The molecule has 1 aromatic carbocycles. The van der Waals surface area contributed by atoms with Crippen LogP contribution in [0.5, 0.6) is 5.75 Å². The fourth-order valence-corrected chi connectivity index (χ4v) is 4.14. The van der Waals surface area contributed by atoms with Crippen molar-refractivity contribution in [3.63, 3.8) is 0 Å². The largest absolute Gasteiger partial charge is 0.497 e. The average molecular weight is 360 g/mol. The maximum atomic E-state index is 13.0. The van der Waals surface area contributed by atoms with Crippen molar-refractivity contribution in [3.05, 3.63) is 29.8 Å². The van der Waals surface area contributed by atoms with Crippen molar-refractivity contribution >= 4 is 11.9 Å². The zero-order chi connectivity index (χ0) is 18.5. The molecule has 1 N–H and O–H groups in total. The minimum atomic E-state index is -0.821. The Morgan fingerprint density at radius 2 is 1.85 bits per heavy atom. The van der Waals surface area contributed by atoms with Gasteiger partial charge in [-0.05, 0) is 49.9 Å². The van der Waals surface area contributed by atoms with Gasteiger partial charge in [-0.25, -0.2) is 0 Å². The number of methoxy groups -OCH3 is 1. The van der Waals surface area contributed by atoms with Crippen molar-refractivity contribution in [1.82, 2.24) is 9.80 Å². The lowest BCUT2D eigenvalue weighted by atomic mass is 10.0. The summed E-state index contributed by atoms with van der Waals surface area (Å²) in [5.41, 5.74) is 1.12. The van der Waals surface area contributed by atoms with Crippen LogP contribution in [0.15, 0.2) is 24.3 Å².